The van der Waals surface area contributed by atoms with E-state index >= 15 is 0 Å². The lowest BCUT2D eigenvalue weighted by Crippen LogP contribution is -2.58. The van der Waals surface area contributed by atoms with Gasteiger partial charge in [0.25, 0.3) is 0 Å². The zero-order chi connectivity index (χ0) is 15.2. The van der Waals surface area contributed by atoms with Crippen LogP contribution in [0.1, 0.15) is 66.2 Å². The minimum atomic E-state index is -0.0876. The average Bonchev–Trinajstić information content (AvgIpc) is 2.35. The molecule has 21 heavy (non-hydrogen) atoms. The maximum atomic E-state index is 12.1. The van der Waals surface area contributed by atoms with E-state index in [0.29, 0.717) is 11.5 Å². The number of carbonyl (C=O) groups excluding carboxylic acids is 1. The van der Waals surface area contributed by atoms with E-state index in [4.69, 9.17) is 0 Å². The van der Waals surface area contributed by atoms with E-state index in [0.717, 1.165) is 17.8 Å². The Bertz CT molecular complexity index is 369. The van der Waals surface area contributed by atoms with Crippen LogP contribution >= 0.6 is 0 Å². The van der Waals surface area contributed by atoms with Crippen molar-refractivity contribution in [3.05, 3.63) is 0 Å². The molecular weight excluding hydrogens is 260 g/mol. The van der Waals surface area contributed by atoms with E-state index in [1.165, 1.54) is 38.5 Å². The van der Waals surface area contributed by atoms with Crippen molar-refractivity contribution in [2.75, 3.05) is 0 Å². The molecule has 4 fully saturated rings. The number of nitrogens with one attached hydrogen (secondary N) is 2. The Labute approximate surface area is 129 Å². The molecule has 3 nitrogen and oxygen atoms in total. The molecule has 1 amide bonds. The Hall–Kier alpha value is -0.570. The van der Waals surface area contributed by atoms with Gasteiger partial charge in [-0.3, -0.25) is 4.79 Å². The molecule has 0 unspecified atom stereocenters. The van der Waals surface area contributed by atoms with E-state index in [9.17, 15) is 4.79 Å². The van der Waals surface area contributed by atoms with E-state index in [2.05, 4.69) is 17.6 Å². The summed E-state index contributed by atoms with van der Waals surface area (Å²) in [6, 6.07) is 0.589. The minimum absolute atomic E-state index is 0.0876. The van der Waals surface area contributed by atoms with Crippen molar-refractivity contribution in [2.24, 2.45) is 23.2 Å². The number of rotatable bonds is 5. The van der Waals surface area contributed by atoms with Gasteiger partial charge in [-0.2, -0.15) is 0 Å². The summed E-state index contributed by atoms with van der Waals surface area (Å²) in [5.41, 5.74) is 0.473. The molecule has 4 saturated carbocycles. The summed E-state index contributed by atoms with van der Waals surface area (Å²) >= 11 is 0. The molecule has 4 rings (SSSR count). The molecule has 2 atom stereocenters. The van der Waals surface area contributed by atoms with E-state index in [-0.39, 0.29) is 18.0 Å². The number of amides is 1. The summed E-state index contributed by atoms with van der Waals surface area (Å²) in [4.78, 5) is 12.1. The minimum Gasteiger partial charge on any atom is -0.353 e. The summed E-state index contributed by atoms with van der Waals surface area (Å²) in [6.07, 6.45) is 8.63. The first kappa shape index (κ1) is 15.3. The first-order valence-corrected chi connectivity index (χ1v) is 8.94. The molecule has 4 bridgehead atoms. The quantitative estimate of drug-likeness (QED) is 0.817. The Morgan fingerprint density at radius 1 is 0.952 bits per heavy atom. The molecule has 4 aliphatic carbocycles. The lowest BCUT2D eigenvalue weighted by molar-refractivity contribution is -0.124. The van der Waals surface area contributed by atoms with Crippen molar-refractivity contribution >= 4 is 5.91 Å². The maximum absolute atomic E-state index is 12.1. The third-order valence-corrected chi connectivity index (χ3v) is 6.33. The van der Waals surface area contributed by atoms with Gasteiger partial charge in [-0.25, -0.2) is 0 Å². The molecule has 0 aromatic heterocycles. The Kier molecular flexibility index (Phi) is 4.06. The van der Waals surface area contributed by atoms with Crippen molar-refractivity contribution < 1.29 is 4.79 Å². The molecule has 0 aliphatic heterocycles. The topological polar surface area (TPSA) is 41.1 Å². The summed E-state index contributed by atoms with van der Waals surface area (Å²) in [7, 11) is 0. The Balaban J connectivity index is 1.62. The molecule has 4 aliphatic rings. The van der Waals surface area contributed by atoms with Crippen LogP contribution in [0.2, 0.25) is 0 Å². The third kappa shape index (κ3) is 2.99. The van der Waals surface area contributed by atoms with Crippen molar-refractivity contribution in [1.82, 2.24) is 10.6 Å². The highest BCUT2D eigenvalue weighted by molar-refractivity contribution is 5.81. The predicted molar refractivity (Wildman–Crippen MR) is 85.9 cm³/mol. The van der Waals surface area contributed by atoms with Crippen LogP contribution in [0, 0.1) is 23.2 Å². The van der Waals surface area contributed by atoms with Gasteiger partial charge in [0, 0.05) is 12.1 Å². The van der Waals surface area contributed by atoms with Gasteiger partial charge in [0.15, 0.2) is 0 Å². The van der Waals surface area contributed by atoms with Crippen LogP contribution in [0.4, 0.5) is 0 Å². The SMILES string of the molecule is CC(C)NC(=O)[C@@H](C)N[C@@H](C)C12CC3CC(CC(C3)C1)C2. The maximum Gasteiger partial charge on any atom is 0.237 e. The Morgan fingerprint density at radius 3 is 1.86 bits per heavy atom. The molecular formula is C18H32N2O. The zero-order valence-electron chi connectivity index (χ0n) is 14.1. The summed E-state index contributed by atoms with van der Waals surface area (Å²) in [5.74, 6) is 3.06. The van der Waals surface area contributed by atoms with Gasteiger partial charge in [-0.15, -0.1) is 0 Å². The Morgan fingerprint density at radius 2 is 1.43 bits per heavy atom. The second kappa shape index (κ2) is 5.57. The molecule has 0 saturated heterocycles. The number of carbonyl (C=O) groups is 1. The van der Waals surface area contributed by atoms with Crippen LogP contribution in [-0.2, 0) is 4.79 Å². The molecule has 0 heterocycles. The zero-order valence-corrected chi connectivity index (χ0v) is 14.1. The van der Waals surface area contributed by atoms with E-state index in [1.807, 2.05) is 20.8 Å². The summed E-state index contributed by atoms with van der Waals surface area (Å²) in [5, 5.41) is 6.65. The van der Waals surface area contributed by atoms with Gasteiger partial charge >= 0.3 is 0 Å². The van der Waals surface area contributed by atoms with Gasteiger partial charge in [0.2, 0.25) is 5.91 Å². The third-order valence-electron chi connectivity index (χ3n) is 6.33. The van der Waals surface area contributed by atoms with Gasteiger partial charge in [-0.1, -0.05) is 0 Å². The lowest BCUT2D eigenvalue weighted by atomic mass is 9.48. The van der Waals surface area contributed by atoms with Crippen LogP contribution in [0.5, 0.6) is 0 Å². The highest BCUT2D eigenvalue weighted by Crippen LogP contribution is 2.61. The van der Waals surface area contributed by atoms with Crippen molar-refractivity contribution in [1.29, 1.82) is 0 Å². The molecule has 120 valence electrons. The highest BCUT2D eigenvalue weighted by Gasteiger charge is 2.53. The van der Waals surface area contributed by atoms with E-state index in [1.54, 1.807) is 0 Å². The van der Waals surface area contributed by atoms with Gasteiger partial charge < -0.3 is 10.6 Å². The summed E-state index contributed by atoms with van der Waals surface area (Å²) in [6.45, 7) is 8.38. The smallest absolute Gasteiger partial charge is 0.237 e. The van der Waals surface area contributed by atoms with E-state index < -0.39 is 0 Å². The number of hydrogen-bond donors (Lipinski definition) is 2. The molecule has 0 radical (unpaired) electrons. The lowest BCUT2D eigenvalue weighted by Gasteiger charge is -2.59. The predicted octanol–water partition coefficient (Wildman–Crippen LogP) is 3.09. The fraction of sp³-hybridized carbons (Fsp3) is 0.944. The van der Waals surface area contributed by atoms with Crippen LogP contribution in [0.15, 0.2) is 0 Å². The van der Waals surface area contributed by atoms with Crippen LogP contribution in [0.25, 0.3) is 0 Å². The van der Waals surface area contributed by atoms with Crippen LogP contribution in [-0.4, -0.2) is 24.0 Å². The first-order chi connectivity index (χ1) is 9.88. The fourth-order valence-corrected chi connectivity index (χ4v) is 5.74. The van der Waals surface area contributed by atoms with Crippen LogP contribution < -0.4 is 10.6 Å². The second-order valence-corrected chi connectivity index (χ2v) is 8.55. The molecule has 0 spiro atoms. The normalized spacial score (nSPS) is 40.3. The monoisotopic (exact) mass is 292 g/mol. The van der Waals surface area contributed by atoms with Gasteiger partial charge in [-0.05, 0) is 89.4 Å². The largest absolute Gasteiger partial charge is 0.353 e. The molecule has 0 aromatic rings. The highest BCUT2D eigenvalue weighted by atomic mass is 16.2. The fourth-order valence-electron chi connectivity index (χ4n) is 5.74. The van der Waals surface area contributed by atoms with Crippen molar-refractivity contribution in [3.8, 4) is 0 Å². The molecule has 3 heteroatoms. The average molecular weight is 292 g/mol. The second-order valence-electron chi connectivity index (χ2n) is 8.55. The summed E-state index contributed by atoms with van der Waals surface area (Å²) < 4.78 is 0. The van der Waals surface area contributed by atoms with Crippen molar-refractivity contribution in [2.45, 2.75) is 84.3 Å². The molecule has 2 N–H and O–H groups in total. The standard InChI is InChI=1S/C18H32N2O/c1-11(2)19-17(21)12(3)20-13(4)18-8-14-5-15(9-18)7-16(6-14)10-18/h11-16,20H,5-10H2,1-4H3,(H,19,21)/t12-,13+,14?,15?,16?,18?/m1/s1. The van der Waals surface area contributed by atoms with Gasteiger partial charge in [0.05, 0.1) is 6.04 Å². The first-order valence-electron chi connectivity index (χ1n) is 8.94. The van der Waals surface area contributed by atoms with Crippen molar-refractivity contribution in [3.63, 3.8) is 0 Å². The molecule has 0 aromatic carbocycles. The van der Waals surface area contributed by atoms with Crippen LogP contribution in [0.3, 0.4) is 0 Å². The number of hydrogen-bond acceptors (Lipinski definition) is 2. The van der Waals surface area contributed by atoms with Gasteiger partial charge in [0.1, 0.15) is 0 Å².